The van der Waals surface area contributed by atoms with Crippen molar-refractivity contribution in [3.05, 3.63) is 241 Å². The molecule has 0 nitrogen and oxygen atoms in total. The standard InChI is InChI=1S/C57H36S/c1-3-17-37(18-4-1)41-35-36-42(44-22-8-7-21-43(41)44)38-31-33-40(34-32-38)57(39-19-5-2-6-20-39)53-49-27-13-9-23-45(49)47-25-11-15-29-51(47)55(53)58-56-52-30-16-12-26-48(52)46-24-10-14-28-50(46)54(56)57/h1-36H. The lowest BCUT2D eigenvalue weighted by molar-refractivity contribution is 0.724. The summed E-state index contributed by atoms with van der Waals surface area (Å²) in [5.41, 5.74) is 9.53. The lowest BCUT2D eigenvalue weighted by atomic mass is 9.62. The molecule has 1 heterocycles. The zero-order chi connectivity index (χ0) is 38.2. The zero-order valence-corrected chi connectivity index (χ0v) is 32.5. The van der Waals surface area contributed by atoms with Gasteiger partial charge in [-0.3, -0.25) is 0 Å². The molecule has 0 aliphatic carbocycles. The number of fused-ring (bicyclic) bond motifs is 13. The molecule has 270 valence electrons. The van der Waals surface area contributed by atoms with Gasteiger partial charge in [-0.25, -0.2) is 0 Å². The van der Waals surface area contributed by atoms with Gasteiger partial charge in [0, 0.05) is 9.79 Å². The number of hydrogen-bond donors (Lipinski definition) is 0. The first-order valence-corrected chi connectivity index (χ1v) is 20.9. The summed E-state index contributed by atoms with van der Waals surface area (Å²) in [4.78, 5) is 2.66. The molecule has 0 unspecified atom stereocenters. The molecule has 1 heteroatoms. The van der Waals surface area contributed by atoms with Gasteiger partial charge in [-0.05, 0) is 98.4 Å². The summed E-state index contributed by atoms with van der Waals surface area (Å²) < 4.78 is 0. The minimum absolute atomic E-state index is 0.651. The summed E-state index contributed by atoms with van der Waals surface area (Å²) in [7, 11) is 0. The van der Waals surface area contributed by atoms with E-state index >= 15 is 0 Å². The van der Waals surface area contributed by atoms with E-state index in [9.17, 15) is 0 Å². The van der Waals surface area contributed by atoms with Crippen LogP contribution in [0.5, 0.6) is 0 Å². The Bertz CT molecular complexity index is 3270. The maximum Gasteiger partial charge on any atom is 0.0736 e. The highest BCUT2D eigenvalue weighted by Crippen LogP contribution is 2.62. The molecule has 0 fully saturated rings. The minimum Gasteiger partial charge on any atom is -0.0880 e. The fraction of sp³-hybridized carbons (Fsp3) is 0.0175. The molecule has 0 spiro atoms. The molecule has 0 radical (unpaired) electrons. The smallest absolute Gasteiger partial charge is 0.0736 e. The molecular formula is C57H36S. The second-order valence-electron chi connectivity index (χ2n) is 15.5. The van der Waals surface area contributed by atoms with E-state index in [1.54, 1.807) is 0 Å². The first kappa shape index (κ1) is 33.2. The molecule has 1 aliphatic heterocycles. The summed E-state index contributed by atoms with van der Waals surface area (Å²) in [5, 5.41) is 12.9. The molecule has 11 aromatic rings. The molecule has 0 bridgehead atoms. The van der Waals surface area contributed by atoms with E-state index in [0.29, 0.717) is 0 Å². The fourth-order valence-corrected chi connectivity index (χ4v) is 11.7. The van der Waals surface area contributed by atoms with Crippen LogP contribution in [-0.2, 0) is 5.41 Å². The molecule has 58 heavy (non-hydrogen) atoms. The van der Waals surface area contributed by atoms with Crippen LogP contribution in [0.2, 0.25) is 0 Å². The Labute approximate surface area is 342 Å². The van der Waals surface area contributed by atoms with Gasteiger partial charge in [0.1, 0.15) is 0 Å². The summed E-state index contributed by atoms with van der Waals surface area (Å²) in [6, 6.07) is 81.4. The van der Waals surface area contributed by atoms with Gasteiger partial charge in [0.2, 0.25) is 0 Å². The van der Waals surface area contributed by atoms with Crippen molar-refractivity contribution in [1.29, 1.82) is 0 Å². The second kappa shape index (κ2) is 13.1. The molecular weight excluding hydrogens is 717 g/mol. The van der Waals surface area contributed by atoms with E-state index < -0.39 is 5.41 Å². The number of rotatable bonds is 4. The van der Waals surface area contributed by atoms with Gasteiger partial charge < -0.3 is 0 Å². The van der Waals surface area contributed by atoms with Gasteiger partial charge in [-0.15, -0.1) is 0 Å². The van der Waals surface area contributed by atoms with Gasteiger partial charge in [0.15, 0.2) is 0 Å². The van der Waals surface area contributed by atoms with Gasteiger partial charge in [-0.2, -0.15) is 0 Å². The lowest BCUT2D eigenvalue weighted by Crippen LogP contribution is -2.35. The van der Waals surface area contributed by atoms with Gasteiger partial charge in [-0.1, -0.05) is 230 Å². The van der Waals surface area contributed by atoms with E-state index in [2.05, 4.69) is 218 Å². The third kappa shape index (κ3) is 4.72. The van der Waals surface area contributed by atoms with Crippen molar-refractivity contribution in [1.82, 2.24) is 0 Å². The number of hydrogen-bond acceptors (Lipinski definition) is 1. The van der Waals surface area contributed by atoms with E-state index in [1.165, 1.54) is 108 Å². The first-order valence-electron chi connectivity index (χ1n) is 20.1. The summed E-state index contributed by atoms with van der Waals surface area (Å²) in [6.45, 7) is 0. The fourth-order valence-electron chi connectivity index (χ4n) is 10.2. The third-order valence-corrected chi connectivity index (χ3v) is 13.8. The van der Waals surface area contributed by atoms with E-state index in [4.69, 9.17) is 0 Å². The summed E-state index contributed by atoms with van der Waals surface area (Å²) >= 11 is 1.96. The average Bonchev–Trinajstić information content (AvgIpc) is 3.31. The molecule has 12 rings (SSSR count). The highest BCUT2D eigenvalue weighted by Gasteiger charge is 2.47. The van der Waals surface area contributed by atoms with Crippen LogP contribution >= 0.6 is 11.8 Å². The van der Waals surface area contributed by atoms with Gasteiger partial charge >= 0.3 is 0 Å². The summed E-state index contributed by atoms with van der Waals surface area (Å²) in [5.74, 6) is 0. The SMILES string of the molecule is c1ccc(-c2ccc(-c3ccc(C4(c5ccccc5)c5c(c6ccccc6c6ccccc56)Sc5c4c4ccccc4c4ccccc54)cc3)c3ccccc23)cc1. The van der Waals surface area contributed by atoms with Gasteiger partial charge in [0.25, 0.3) is 0 Å². The largest absolute Gasteiger partial charge is 0.0880 e. The van der Waals surface area contributed by atoms with Crippen LogP contribution in [0.4, 0.5) is 0 Å². The van der Waals surface area contributed by atoms with E-state index in [1.807, 2.05) is 11.8 Å². The topological polar surface area (TPSA) is 0 Å². The lowest BCUT2D eigenvalue weighted by Gasteiger charge is -2.44. The van der Waals surface area contributed by atoms with Crippen molar-refractivity contribution < 1.29 is 0 Å². The molecule has 1 aliphatic rings. The Morgan fingerprint density at radius 3 is 1.03 bits per heavy atom. The molecule has 0 saturated heterocycles. The quantitative estimate of drug-likeness (QED) is 0.161. The van der Waals surface area contributed by atoms with Crippen molar-refractivity contribution in [2.45, 2.75) is 15.2 Å². The highest BCUT2D eigenvalue weighted by atomic mass is 32.2. The first-order chi connectivity index (χ1) is 28.8. The van der Waals surface area contributed by atoms with Crippen molar-refractivity contribution in [2.75, 3.05) is 0 Å². The van der Waals surface area contributed by atoms with Crippen molar-refractivity contribution in [2.24, 2.45) is 0 Å². The Kier molecular flexibility index (Phi) is 7.48. The Morgan fingerprint density at radius 2 is 0.569 bits per heavy atom. The van der Waals surface area contributed by atoms with Crippen LogP contribution in [0.3, 0.4) is 0 Å². The predicted molar refractivity (Wildman–Crippen MR) is 247 cm³/mol. The molecule has 0 N–H and O–H groups in total. The maximum atomic E-state index is 2.43. The minimum atomic E-state index is -0.651. The Morgan fingerprint density at radius 1 is 0.241 bits per heavy atom. The highest BCUT2D eigenvalue weighted by molar-refractivity contribution is 8.00. The van der Waals surface area contributed by atoms with E-state index in [-0.39, 0.29) is 0 Å². The average molecular weight is 753 g/mol. The van der Waals surface area contributed by atoms with Crippen molar-refractivity contribution in [3.63, 3.8) is 0 Å². The Balaban J connectivity index is 1.22. The Hall–Kier alpha value is -6.93. The van der Waals surface area contributed by atoms with Crippen LogP contribution in [-0.4, -0.2) is 0 Å². The third-order valence-electron chi connectivity index (χ3n) is 12.6. The monoisotopic (exact) mass is 752 g/mol. The second-order valence-corrected chi connectivity index (χ2v) is 16.5. The van der Waals surface area contributed by atoms with Crippen LogP contribution < -0.4 is 0 Å². The zero-order valence-electron chi connectivity index (χ0n) is 31.7. The van der Waals surface area contributed by atoms with Crippen LogP contribution in [0.1, 0.15) is 22.3 Å². The maximum absolute atomic E-state index is 2.43. The van der Waals surface area contributed by atoms with Crippen LogP contribution in [0.15, 0.2) is 228 Å². The van der Waals surface area contributed by atoms with E-state index in [0.717, 1.165) is 0 Å². The van der Waals surface area contributed by atoms with Crippen molar-refractivity contribution in [3.8, 4) is 22.3 Å². The molecule has 0 atom stereocenters. The van der Waals surface area contributed by atoms with Crippen LogP contribution in [0.25, 0.3) is 76.1 Å². The van der Waals surface area contributed by atoms with Crippen LogP contribution in [0, 0.1) is 0 Å². The molecule has 0 amide bonds. The molecule has 0 aromatic heterocycles. The predicted octanol–water partition coefficient (Wildman–Crippen LogP) is 15.6. The number of benzene rings is 11. The van der Waals surface area contributed by atoms with Crippen molar-refractivity contribution >= 4 is 65.6 Å². The molecule has 11 aromatic carbocycles. The summed E-state index contributed by atoms with van der Waals surface area (Å²) in [6.07, 6.45) is 0. The normalized spacial score (nSPS) is 13.2. The van der Waals surface area contributed by atoms with Gasteiger partial charge in [0.05, 0.1) is 5.41 Å². The molecule has 0 saturated carbocycles.